The highest BCUT2D eigenvalue weighted by molar-refractivity contribution is 5.66. The van der Waals surface area contributed by atoms with Gasteiger partial charge in [0, 0.05) is 6.42 Å². The molecule has 0 bridgehead atoms. The predicted molar refractivity (Wildman–Crippen MR) is 64.6 cm³/mol. The standard InChI is InChI=1S/C13H19NO2/c1-14-10-9-12-7-5-11(6-8-12)3-2-4-13(15)16/h5-8,14H,2-4,9-10H2,1H3,(H,15,16). The van der Waals surface area contributed by atoms with Gasteiger partial charge in [-0.15, -0.1) is 0 Å². The van der Waals surface area contributed by atoms with Crippen molar-refractivity contribution in [2.24, 2.45) is 0 Å². The van der Waals surface area contributed by atoms with Gasteiger partial charge < -0.3 is 10.4 Å². The van der Waals surface area contributed by atoms with Gasteiger partial charge in [-0.2, -0.15) is 0 Å². The summed E-state index contributed by atoms with van der Waals surface area (Å²) in [4.78, 5) is 10.4. The van der Waals surface area contributed by atoms with Gasteiger partial charge in [-0.05, 0) is 44.0 Å². The molecule has 0 spiro atoms. The van der Waals surface area contributed by atoms with Crippen molar-refractivity contribution >= 4 is 5.97 Å². The fraction of sp³-hybridized carbons (Fsp3) is 0.462. The number of rotatable bonds is 7. The van der Waals surface area contributed by atoms with Crippen molar-refractivity contribution in [2.45, 2.75) is 25.7 Å². The number of aliphatic carboxylic acids is 1. The maximum Gasteiger partial charge on any atom is 0.303 e. The van der Waals surface area contributed by atoms with E-state index in [1.165, 1.54) is 11.1 Å². The van der Waals surface area contributed by atoms with E-state index in [0.29, 0.717) is 6.42 Å². The molecule has 0 heterocycles. The lowest BCUT2D eigenvalue weighted by Gasteiger charge is -2.03. The number of nitrogens with one attached hydrogen (secondary N) is 1. The topological polar surface area (TPSA) is 49.3 Å². The molecule has 0 radical (unpaired) electrons. The quantitative estimate of drug-likeness (QED) is 0.739. The van der Waals surface area contributed by atoms with Crippen molar-refractivity contribution in [2.75, 3.05) is 13.6 Å². The Kier molecular flexibility index (Phi) is 5.57. The molecular weight excluding hydrogens is 202 g/mol. The zero-order valence-corrected chi connectivity index (χ0v) is 9.70. The van der Waals surface area contributed by atoms with E-state index in [0.717, 1.165) is 19.4 Å². The second-order valence-corrected chi connectivity index (χ2v) is 3.92. The van der Waals surface area contributed by atoms with Gasteiger partial charge in [-0.25, -0.2) is 0 Å². The lowest BCUT2D eigenvalue weighted by atomic mass is 10.0. The minimum Gasteiger partial charge on any atom is -0.481 e. The normalized spacial score (nSPS) is 10.3. The number of likely N-dealkylation sites (N-methyl/N-ethyl adjacent to an activating group) is 1. The van der Waals surface area contributed by atoms with Crippen LogP contribution in [0.25, 0.3) is 0 Å². The smallest absolute Gasteiger partial charge is 0.303 e. The third-order valence-corrected chi connectivity index (χ3v) is 2.54. The van der Waals surface area contributed by atoms with Crippen LogP contribution in [-0.2, 0) is 17.6 Å². The molecule has 0 aliphatic carbocycles. The summed E-state index contributed by atoms with van der Waals surface area (Å²) in [7, 11) is 1.94. The summed E-state index contributed by atoms with van der Waals surface area (Å²) in [6, 6.07) is 8.42. The van der Waals surface area contributed by atoms with Gasteiger partial charge in [0.1, 0.15) is 0 Å². The molecule has 1 rings (SSSR count). The van der Waals surface area contributed by atoms with Crippen molar-refractivity contribution in [1.29, 1.82) is 0 Å². The molecule has 16 heavy (non-hydrogen) atoms. The molecule has 0 atom stereocenters. The Labute approximate surface area is 96.5 Å². The first-order valence-corrected chi connectivity index (χ1v) is 5.66. The summed E-state index contributed by atoms with van der Waals surface area (Å²) in [6.45, 7) is 0.984. The molecule has 0 unspecified atom stereocenters. The molecule has 0 aliphatic rings. The number of carbonyl (C=O) groups is 1. The molecule has 3 nitrogen and oxygen atoms in total. The van der Waals surface area contributed by atoms with Crippen LogP contribution >= 0.6 is 0 Å². The number of hydrogen-bond donors (Lipinski definition) is 2. The van der Waals surface area contributed by atoms with Crippen LogP contribution in [0.15, 0.2) is 24.3 Å². The lowest BCUT2D eigenvalue weighted by molar-refractivity contribution is -0.137. The van der Waals surface area contributed by atoms with E-state index < -0.39 is 5.97 Å². The molecule has 3 heteroatoms. The van der Waals surface area contributed by atoms with Gasteiger partial charge in [-0.1, -0.05) is 24.3 Å². The summed E-state index contributed by atoms with van der Waals surface area (Å²) < 4.78 is 0. The molecule has 2 N–H and O–H groups in total. The van der Waals surface area contributed by atoms with Gasteiger partial charge in [0.2, 0.25) is 0 Å². The summed E-state index contributed by atoms with van der Waals surface area (Å²) in [5.41, 5.74) is 2.53. The molecule has 1 aromatic rings. The Hall–Kier alpha value is -1.35. The number of carboxylic acids is 1. The molecule has 0 saturated heterocycles. The number of carboxylic acid groups (broad SMARTS) is 1. The van der Waals surface area contributed by atoms with Crippen molar-refractivity contribution in [3.8, 4) is 0 Å². The molecule has 88 valence electrons. The van der Waals surface area contributed by atoms with Crippen molar-refractivity contribution in [3.05, 3.63) is 35.4 Å². The first-order valence-electron chi connectivity index (χ1n) is 5.66. The lowest BCUT2D eigenvalue weighted by Crippen LogP contribution is -2.10. The third kappa shape index (κ3) is 4.94. The maximum atomic E-state index is 10.4. The van der Waals surface area contributed by atoms with Crippen LogP contribution in [0.5, 0.6) is 0 Å². The Morgan fingerprint density at radius 1 is 1.19 bits per heavy atom. The molecule has 0 fully saturated rings. The van der Waals surface area contributed by atoms with Crippen LogP contribution < -0.4 is 5.32 Å². The second kappa shape index (κ2) is 7.01. The highest BCUT2D eigenvalue weighted by Gasteiger charge is 1.98. The van der Waals surface area contributed by atoms with Crippen LogP contribution in [0, 0.1) is 0 Å². The third-order valence-electron chi connectivity index (χ3n) is 2.54. The minimum absolute atomic E-state index is 0.251. The Balaban J connectivity index is 2.36. The monoisotopic (exact) mass is 221 g/mol. The molecular formula is C13H19NO2. The molecule has 0 saturated carbocycles. The first kappa shape index (κ1) is 12.7. The van der Waals surface area contributed by atoms with E-state index in [4.69, 9.17) is 5.11 Å². The van der Waals surface area contributed by atoms with Gasteiger partial charge in [0.15, 0.2) is 0 Å². The fourth-order valence-electron chi connectivity index (χ4n) is 1.59. The summed E-state index contributed by atoms with van der Waals surface area (Å²) >= 11 is 0. The second-order valence-electron chi connectivity index (χ2n) is 3.92. The number of aryl methyl sites for hydroxylation is 1. The summed E-state index contributed by atoms with van der Waals surface area (Å²) in [6.07, 6.45) is 2.84. The van der Waals surface area contributed by atoms with Crippen molar-refractivity contribution in [3.63, 3.8) is 0 Å². The zero-order valence-electron chi connectivity index (χ0n) is 9.70. The summed E-state index contributed by atoms with van der Waals surface area (Å²) in [5, 5.41) is 11.6. The predicted octanol–water partition coefficient (Wildman–Crippen LogP) is 1.86. The SMILES string of the molecule is CNCCc1ccc(CCCC(=O)O)cc1. The van der Waals surface area contributed by atoms with Crippen LogP contribution in [0.2, 0.25) is 0 Å². The van der Waals surface area contributed by atoms with Gasteiger partial charge in [0.25, 0.3) is 0 Å². The van der Waals surface area contributed by atoms with Crippen LogP contribution in [0.4, 0.5) is 0 Å². The van der Waals surface area contributed by atoms with Crippen molar-refractivity contribution in [1.82, 2.24) is 5.32 Å². The van der Waals surface area contributed by atoms with Crippen LogP contribution in [0.3, 0.4) is 0 Å². The molecule has 0 aliphatic heterocycles. The van der Waals surface area contributed by atoms with E-state index in [2.05, 4.69) is 29.6 Å². The van der Waals surface area contributed by atoms with E-state index in [1.54, 1.807) is 0 Å². The van der Waals surface area contributed by atoms with E-state index in [1.807, 2.05) is 7.05 Å². The Bertz CT molecular complexity index is 319. The van der Waals surface area contributed by atoms with E-state index >= 15 is 0 Å². The first-order chi connectivity index (χ1) is 7.72. The Morgan fingerprint density at radius 3 is 2.25 bits per heavy atom. The maximum absolute atomic E-state index is 10.4. The average molecular weight is 221 g/mol. The highest BCUT2D eigenvalue weighted by Crippen LogP contribution is 2.08. The van der Waals surface area contributed by atoms with Gasteiger partial charge in [-0.3, -0.25) is 4.79 Å². The van der Waals surface area contributed by atoms with Gasteiger partial charge >= 0.3 is 5.97 Å². The molecule has 1 aromatic carbocycles. The van der Waals surface area contributed by atoms with Gasteiger partial charge in [0.05, 0.1) is 0 Å². The molecule has 0 aromatic heterocycles. The summed E-state index contributed by atoms with van der Waals surface area (Å²) in [5.74, 6) is -0.717. The van der Waals surface area contributed by atoms with Crippen LogP contribution in [-0.4, -0.2) is 24.7 Å². The Morgan fingerprint density at radius 2 is 1.75 bits per heavy atom. The van der Waals surface area contributed by atoms with Crippen molar-refractivity contribution < 1.29 is 9.90 Å². The van der Waals surface area contributed by atoms with Crippen LogP contribution in [0.1, 0.15) is 24.0 Å². The largest absolute Gasteiger partial charge is 0.481 e. The zero-order chi connectivity index (χ0) is 11.8. The number of benzene rings is 1. The minimum atomic E-state index is -0.717. The van der Waals surface area contributed by atoms with E-state index in [9.17, 15) is 4.79 Å². The van der Waals surface area contributed by atoms with E-state index in [-0.39, 0.29) is 6.42 Å². The average Bonchev–Trinajstić information content (AvgIpc) is 2.27. The number of hydrogen-bond acceptors (Lipinski definition) is 2. The highest BCUT2D eigenvalue weighted by atomic mass is 16.4. The molecule has 0 amide bonds. The fourth-order valence-corrected chi connectivity index (χ4v) is 1.59.